The molecule has 0 saturated carbocycles. The van der Waals surface area contributed by atoms with Crippen LogP contribution in [0.3, 0.4) is 0 Å². The van der Waals surface area contributed by atoms with E-state index in [0.717, 1.165) is 27.8 Å². The summed E-state index contributed by atoms with van der Waals surface area (Å²) in [6.07, 6.45) is 0. The van der Waals surface area contributed by atoms with Crippen LogP contribution in [-0.2, 0) is 0 Å². The molecule has 0 amide bonds. The maximum Gasteiger partial charge on any atom is 0.215 e. The van der Waals surface area contributed by atoms with Crippen LogP contribution < -0.4 is 4.74 Å². The Balaban J connectivity index is 2.06. The predicted octanol–water partition coefficient (Wildman–Crippen LogP) is 4.04. The van der Waals surface area contributed by atoms with Crippen LogP contribution in [0.2, 0.25) is 0 Å². The van der Waals surface area contributed by atoms with Crippen molar-refractivity contribution in [2.75, 3.05) is 7.11 Å². The SMILES string of the molecule is COc1ccc2cc(/C(C)=N/n3c(=S)[nH][nH]c3=S)ccc2c1. The number of fused-ring (bicyclic) bond motifs is 1. The average Bonchev–Trinajstić information content (AvgIpc) is 2.85. The second-order valence-corrected chi connectivity index (χ2v) is 5.56. The van der Waals surface area contributed by atoms with Gasteiger partial charge in [0.25, 0.3) is 0 Å². The van der Waals surface area contributed by atoms with Crippen LogP contribution in [0.5, 0.6) is 5.75 Å². The fraction of sp³-hybridized carbons (Fsp3) is 0.133. The summed E-state index contributed by atoms with van der Waals surface area (Å²) in [7, 11) is 1.66. The minimum Gasteiger partial charge on any atom is -0.497 e. The van der Waals surface area contributed by atoms with E-state index in [1.807, 2.05) is 37.3 Å². The molecular formula is C15H14N4OS2. The monoisotopic (exact) mass is 330 g/mol. The summed E-state index contributed by atoms with van der Waals surface area (Å²) in [5.41, 5.74) is 1.84. The van der Waals surface area contributed by atoms with Crippen LogP contribution >= 0.6 is 24.4 Å². The van der Waals surface area contributed by atoms with Gasteiger partial charge in [0.2, 0.25) is 9.54 Å². The van der Waals surface area contributed by atoms with Crippen molar-refractivity contribution >= 4 is 40.9 Å². The van der Waals surface area contributed by atoms with E-state index >= 15 is 0 Å². The van der Waals surface area contributed by atoms with Crippen LogP contribution in [0.1, 0.15) is 12.5 Å². The number of ether oxygens (including phenoxy) is 1. The first-order valence-electron chi connectivity index (χ1n) is 6.62. The lowest BCUT2D eigenvalue weighted by Gasteiger charge is -2.05. The van der Waals surface area contributed by atoms with Crippen LogP contribution in [0.15, 0.2) is 41.5 Å². The topological polar surface area (TPSA) is 58.1 Å². The lowest BCUT2D eigenvalue weighted by atomic mass is 10.0. The Morgan fingerprint density at radius 1 is 1.05 bits per heavy atom. The molecule has 7 heteroatoms. The fourth-order valence-corrected chi connectivity index (χ4v) is 2.60. The maximum absolute atomic E-state index is 5.24. The Labute approximate surface area is 137 Å². The normalized spacial score (nSPS) is 11.8. The molecule has 2 aromatic carbocycles. The zero-order chi connectivity index (χ0) is 15.7. The summed E-state index contributed by atoms with van der Waals surface area (Å²) >= 11 is 10.3. The zero-order valence-corrected chi connectivity index (χ0v) is 13.7. The minimum absolute atomic E-state index is 0.440. The Hall–Kier alpha value is -2.25. The Bertz CT molecular complexity index is 953. The predicted molar refractivity (Wildman–Crippen MR) is 92.9 cm³/mol. The molecule has 0 aliphatic carbocycles. The van der Waals surface area contributed by atoms with Crippen molar-refractivity contribution in [1.29, 1.82) is 0 Å². The van der Waals surface area contributed by atoms with Crippen molar-refractivity contribution in [3.63, 3.8) is 0 Å². The number of nitrogens with zero attached hydrogens (tertiary/aromatic N) is 2. The first kappa shape index (κ1) is 14.7. The van der Waals surface area contributed by atoms with Gasteiger partial charge in [-0.3, -0.25) is 10.2 Å². The van der Waals surface area contributed by atoms with Gasteiger partial charge >= 0.3 is 0 Å². The molecule has 0 fully saturated rings. The summed E-state index contributed by atoms with van der Waals surface area (Å²) in [5, 5.41) is 12.2. The van der Waals surface area contributed by atoms with Crippen molar-refractivity contribution in [1.82, 2.24) is 14.9 Å². The van der Waals surface area contributed by atoms with Crippen molar-refractivity contribution in [2.45, 2.75) is 6.92 Å². The molecule has 0 radical (unpaired) electrons. The summed E-state index contributed by atoms with van der Waals surface area (Å²) in [4.78, 5) is 0. The number of aromatic nitrogens is 3. The average molecular weight is 330 g/mol. The highest BCUT2D eigenvalue weighted by molar-refractivity contribution is 7.72. The van der Waals surface area contributed by atoms with Gasteiger partial charge in [0, 0.05) is 0 Å². The van der Waals surface area contributed by atoms with Gasteiger partial charge in [-0.25, -0.2) is 0 Å². The Kier molecular flexibility index (Phi) is 3.91. The molecule has 5 nitrogen and oxygen atoms in total. The molecule has 1 aromatic heterocycles. The lowest BCUT2D eigenvalue weighted by molar-refractivity contribution is 0.415. The first-order valence-corrected chi connectivity index (χ1v) is 7.43. The van der Waals surface area contributed by atoms with Crippen molar-refractivity contribution < 1.29 is 4.74 Å². The quantitative estimate of drug-likeness (QED) is 0.563. The number of rotatable bonds is 3. The van der Waals surface area contributed by atoms with E-state index in [9.17, 15) is 0 Å². The number of hydrogen-bond acceptors (Lipinski definition) is 4. The molecule has 3 rings (SSSR count). The van der Waals surface area contributed by atoms with E-state index in [-0.39, 0.29) is 0 Å². The largest absolute Gasteiger partial charge is 0.497 e. The van der Waals surface area contributed by atoms with E-state index in [1.165, 1.54) is 4.68 Å². The molecule has 3 aromatic rings. The van der Waals surface area contributed by atoms with Crippen molar-refractivity contribution in [3.05, 3.63) is 51.5 Å². The van der Waals surface area contributed by atoms with Gasteiger partial charge in [-0.05, 0) is 65.9 Å². The third kappa shape index (κ3) is 2.72. The molecule has 112 valence electrons. The molecular weight excluding hydrogens is 316 g/mol. The number of nitrogens with one attached hydrogen (secondary N) is 2. The lowest BCUT2D eigenvalue weighted by Crippen LogP contribution is -2.00. The summed E-state index contributed by atoms with van der Waals surface area (Å²) in [6, 6.07) is 12.1. The molecule has 0 aliphatic heterocycles. The third-order valence-electron chi connectivity index (χ3n) is 3.38. The first-order chi connectivity index (χ1) is 10.6. The van der Waals surface area contributed by atoms with E-state index in [0.29, 0.717) is 9.54 Å². The van der Waals surface area contributed by atoms with Crippen LogP contribution in [0, 0.1) is 9.54 Å². The van der Waals surface area contributed by atoms with E-state index in [2.05, 4.69) is 21.4 Å². The zero-order valence-electron chi connectivity index (χ0n) is 12.1. The molecule has 0 bridgehead atoms. The maximum atomic E-state index is 5.24. The summed E-state index contributed by atoms with van der Waals surface area (Å²) in [5.74, 6) is 0.843. The molecule has 0 atom stereocenters. The Morgan fingerprint density at radius 3 is 2.36 bits per heavy atom. The summed E-state index contributed by atoms with van der Waals surface area (Å²) < 4.78 is 7.62. The highest BCUT2D eigenvalue weighted by atomic mass is 32.1. The fourth-order valence-electron chi connectivity index (χ4n) is 2.18. The van der Waals surface area contributed by atoms with Gasteiger partial charge in [0.05, 0.1) is 12.8 Å². The highest BCUT2D eigenvalue weighted by Gasteiger charge is 2.03. The van der Waals surface area contributed by atoms with Gasteiger partial charge < -0.3 is 4.74 Å². The molecule has 0 aliphatic rings. The van der Waals surface area contributed by atoms with Gasteiger partial charge in [-0.2, -0.15) is 9.78 Å². The third-order valence-corrected chi connectivity index (χ3v) is 3.93. The van der Waals surface area contributed by atoms with Gasteiger partial charge in [0.1, 0.15) is 5.75 Å². The summed E-state index contributed by atoms with van der Waals surface area (Å²) in [6.45, 7) is 1.92. The standard InChI is InChI=1S/C15H14N4OS2/c1-9(18-19-14(21)16-17-15(19)22)10-3-4-12-8-13(20-2)6-5-11(12)7-10/h3-8H,1-2H3,(H,16,21)(H,17,22)/b18-9+. The molecule has 0 saturated heterocycles. The number of aromatic amines is 2. The van der Waals surface area contributed by atoms with Crippen LogP contribution in [-0.4, -0.2) is 27.7 Å². The molecule has 0 spiro atoms. The van der Waals surface area contributed by atoms with E-state index < -0.39 is 0 Å². The number of methoxy groups -OCH3 is 1. The molecule has 22 heavy (non-hydrogen) atoms. The molecule has 0 unspecified atom stereocenters. The second-order valence-electron chi connectivity index (χ2n) is 4.79. The number of H-pyrrole nitrogens is 2. The number of hydrogen-bond donors (Lipinski definition) is 2. The van der Waals surface area contributed by atoms with E-state index in [4.69, 9.17) is 29.2 Å². The minimum atomic E-state index is 0.440. The smallest absolute Gasteiger partial charge is 0.215 e. The van der Waals surface area contributed by atoms with Crippen LogP contribution in [0.4, 0.5) is 0 Å². The van der Waals surface area contributed by atoms with Crippen molar-refractivity contribution in [3.8, 4) is 5.75 Å². The molecule has 2 N–H and O–H groups in total. The number of benzene rings is 2. The van der Waals surface area contributed by atoms with Crippen LogP contribution in [0.25, 0.3) is 10.8 Å². The van der Waals surface area contributed by atoms with Gasteiger partial charge in [-0.15, -0.1) is 0 Å². The second kappa shape index (κ2) is 5.86. The highest BCUT2D eigenvalue weighted by Crippen LogP contribution is 2.22. The van der Waals surface area contributed by atoms with Crippen molar-refractivity contribution in [2.24, 2.45) is 5.10 Å². The molecule has 1 heterocycles. The van der Waals surface area contributed by atoms with Gasteiger partial charge in [0.15, 0.2) is 0 Å². The Morgan fingerprint density at radius 2 is 1.68 bits per heavy atom. The van der Waals surface area contributed by atoms with E-state index in [1.54, 1.807) is 7.11 Å². The van der Waals surface area contributed by atoms with Gasteiger partial charge in [-0.1, -0.05) is 18.2 Å².